The van der Waals surface area contributed by atoms with Gasteiger partial charge in [-0.25, -0.2) is 4.79 Å². The number of benzene rings is 2. The molecule has 1 aliphatic heterocycles. The third-order valence-corrected chi connectivity index (χ3v) is 5.08. The van der Waals surface area contributed by atoms with E-state index in [-0.39, 0.29) is 12.1 Å². The van der Waals surface area contributed by atoms with Gasteiger partial charge >= 0.3 is 6.03 Å². The minimum atomic E-state index is 0.0158. The number of rotatable bonds is 2. The number of anilines is 1. The SMILES string of the molecule is Cc1cccc([C@H]2CCCCCN2C(=O)Nc2cc(C)ccc2C)c1. The second-order valence-corrected chi connectivity index (χ2v) is 7.22. The number of nitrogens with one attached hydrogen (secondary N) is 1. The molecule has 1 heterocycles. The average Bonchev–Trinajstić information content (AvgIpc) is 2.84. The van der Waals surface area contributed by atoms with Crippen LogP contribution in [-0.4, -0.2) is 17.5 Å². The summed E-state index contributed by atoms with van der Waals surface area (Å²) in [5.74, 6) is 0. The van der Waals surface area contributed by atoms with Crippen LogP contribution < -0.4 is 5.32 Å². The first-order valence-corrected chi connectivity index (χ1v) is 9.26. The Morgan fingerprint density at radius 2 is 1.80 bits per heavy atom. The van der Waals surface area contributed by atoms with Crippen LogP contribution in [0.5, 0.6) is 0 Å². The van der Waals surface area contributed by atoms with E-state index in [0.717, 1.165) is 36.2 Å². The van der Waals surface area contributed by atoms with Crippen LogP contribution in [0.4, 0.5) is 10.5 Å². The molecular weight excluding hydrogens is 308 g/mol. The highest BCUT2D eigenvalue weighted by atomic mass is 16.2. The maximum atomic E-state index is 13.1. The second-order valence-electron chi connectivity index (χ2n) is 7.22. The Labute approximate surface area is 151 Å². The first-order chi connectivity index (χ1) is 12.0. The maximum absolute atomic E-state index is 13.1. The number of amides is 2. The summed E-state index contributed by atoms with van der Waals surface area (Å²) in [4.78, 5) is 15.1. The summed E-state index contributed by atoms with van der Waals surface area (Å²) in [6.45, 7) is 7.02. The van der Waals surface area contributed by atoms with Crippen molar-refractivity contribution in [3.05, 3.63) is 64.7 Å². The van der Waals surface area contributed by atoms with Gasteiger partial charge in [0, 0.05) is 12.2 Å². The van der Waals surface area contributed by atoms with E-state index >= 15 is 0 Å². The quantitative estimate of drug-likeness (QED) is 0.743. The lowest BCUT2D eigenvalue weighted by atomic mass is 9.99. The van der Waals surface area contributed by atoms with Crippen molar-refractivity contribution in [3.63, 3.8) is 0 Å². The van der Waals surface area contributed by atoms with E-state index in [1.807, 2.05) is 17.9 Å². The third-order valence-electron chi connectivity index (χ3n) is 5.08. The molecule has 3 nitrogen and oxygen atoms in total. The predicted octanol–water partition coefficient (Wildman–Crippen LogP) is 5.76. The van der Waals surface area contributed by atoms with Gasteiger partial charge in [0.05, 0.1) is 6.04 Å². The van der Waals surface area contributed by atoms with Crippen molar-refractivity contribution in [2.45, 2.75) is 52.5 Å². The summed E-state index contributed by atoms with van der Waals surface area (Å²) in [5, 5.41) is 3.15. The molecule has 0 unspecified atom stereocenters. The highest BCUT2D eigenvalue weighted by Gasteiger charge is 2.27. The number of urea groups is 1. The van der Waals surface area contributed by atoms with Crippen molar-refractivity contribution in [1.82, 2.24) is 4.90 Å². The zero-order valence-corrected chi connectivity index (χ0v) is 15.5. The van der Waals surface area contributed by atoms with Crippen LogP contribution in [0.2, 0.25) is 0 Å². The fourth-order valence-corrected chi connectivity index (χ4v) is 3.63. The zero-order chi connectivity index (χ0) is 17.8. The van der Waals surface area contributed by atoms with Crippen molar-refractivity contribution >= 4 is 11.7 Å². The summed E-state index contributed by atoms with van der Waals surface area (Å²) in [6.07, 6.45) is 4.47. The van der Waals surface area contributed by atoms with Crippen LogP contribution in [-0.2, 0) is 0 Å². The maximum Gasteiger partial charge on any atom is 0.322 e. The van der Waals surface area contributed by atoms with Gasteiger partial charge in [-0.05, 0) is 56.4 Å². The lowest BCUT2D eigenvalue weighted by molar-refractivity contribution is 0.189. The fraction of sp³-hybridized carbons (Fsp3) is 0.409. The minimum Gasteiger partial charge on any atom is -0.317 e. The average molecular weight is 336 g/mol. The molecule has 3 rings (SSSR count). The predicted molar refractivity (Wildman–Crippen MR) is 104 cm³/mol. The van der Waals surface area contributed by atoms with E-state index in [9.17, 15) is 4.79 Å². The normalized spacial score (nSPS) is 17.9. The van der Waals surface area contributed by atoms with Crippen molar-refractivity contribution in [2.75, 3.05) is 11.9 Å². The van der Waals surface area contributed by atoms with Crippen LogP contribution in [0, 0.1) is 20.8 Å². The molecule has 0 saturated carbocycles. The van der Waals surface area contributed by atoms with Gasteiger partial charge in [0.2, 0.25) is 0 Å². The van der Waals surface area contributed by atoms with Gasteiger partial charge in [-0.2, -0.15) is 0 Å². The Morgan fingerprint density at radius 1 is 1.00 bits per heavy atom. The van der Waals surface area contributed by atoms with Crippen LogP contribution in [0.25, 0.3) is 0 Å². The van der Waals surface area contributed by atoms with Crippen molar-refractivity contribution < 1.29 is 4.79 Å². The number of hydrogen-bond donors (Lipinski definition) is 1. The van der Waals surface area contributed by atoms with E-state index in [2.05, 4.69) is 55.6 Å². The number of hydrogen-bond acceptors (Lipinski definition) is 1. The first-order valence-electron chi connectivity index (χ1n) is 9.26. The van der Waals surface area contributed by atoms with E-state index in [0.29, 0.717) is 0 Å². The Hall–Kier alpha value is -2.29. The minimum absolute atomic E-state index is 0.0158. The highest BCUT2D eigenvalue weighted by Crippen LogP contribution is 2.31. The fourth-order valence-electron chi connectivity index (χ4n) is 3.63. The van der Waals surface area contributed by atoms with Crippen LogP contribution in [0.15, 0.2) is 42.5 Å². The standard InChI is InChI=1S/C22H28N2O/c1-16-8-7-9-19(14-16)21-10-5-4-6-13-24(21)22(25)23-20-15-17(2)11-12-18(20)3/h7-9,11-12,14-15,21H,4-6,10,13H2,1-3H3,(H,23,25)/t21-/m1/s1. The monoisotopic (exact) mass is 336 g/mol. The molecule has 0 bridgehead atoms. The molecule has 0 aromatic heterocycles. The lowest BCUT2D eigenvalue weighted by Gasteiger charge is -2.31. The second kappa shape index (κ2) is 7.73. The highest BCUT2D eigenvalue weighted by molar-refractivity contribution is 5.90. The molecule has 2 aromatic carbocycles. The smallest absolute Gasteiger partial charge is 0.317 e. The molecule has 1 atom stereocenters. The molecule has 2 amide bonds. The molecule has 0 radical (unpaired) electrons. The van der Waals surface area contributed by atoms with Crippen molar-refractivity contribution in [3.8, 4) is 0 Å². The summed E-state index contributed by atoms with van der Waals surface area (Å²) in [6, 6.07) is 14.9. The summed E-state index contributed by atoms with van der Waals surface area (Å²) >= 11 is 0. The zero-order valence-electron chi connectivity index (χ0n) is 15.5. The van der Waals surface area contributed by atoms with Crippen molar-refractivity contribution in [2.24, 2.45) is 0 Å². The van der Waals surface area contributed by atoms with Crippen LogP contribution in [0.3, 0.4) is 0 Å². The van der Waals surface area contributed by atoms with E-state index in [4.69, 9.17) is 0 Å². The summed E-state index contributed by atoms with van der Waals surface area (Å²) in [5.41, 5.74) is 5.67. The topological polar surface area (TPSA) is 32.3 Å². The molecule has 1 saturated heterocycles. The largest absolute Gasteiger partial charge is 0.322 e. The molecule has 1 N–H and O–H groups in total. The lowest BCUT2D eigenvalue weighted by Crippen LogP contribution is -2.38. The van der Waals surface area contributed by atoms with E-state index in [1.54, 1.807) is 0 Å². The molecule has 3 heteroatoms. The van der Waals surface area contributed by atoms with Gasteiger partial charge in [-0.1, -0.05) is 54.8 Å². The van der Waals surface area contributed by atoms with Crippen molar-refractivity contribution in [1.29, 1.82) is 0 Å². The van der Waals surface area contributed by atoms with Gasteiger partial charge < -0.3 is 10.2 Å². The Morgan fingerprint density at radius 3 is 2.60 bits per heavy atom. The van der Waals surface area contributed by atoms with Gasteiger partial charge in [-0.3, -0.25) is 0 Å². The van der Waals surface area contributed by atoms with Gasteiger partial charge in [0.25, 0.3) is 0 Å². The molecular formula is C22H28N2O. The van der Waals surface area contributed by atoms with Gasteiger partial charge in [0.15, 0.2) is 0 Å². The number of carbonyl (C=O) groups excluding carboxylic acids is 1. The number of likely N-dealkylation sites (tertiary alicyclic amines) is 1. The van der Waals surface area contributed by atoms with Crippen LogP contribution >= 0.6 is 0 Å². The summed E-state index contributed by atoms with van der Waals surface area (Å²) < 4.78 is 0. The summed E-state index contributed by atoms with van der Waals surface area (Å²) in [7, 11) is 0. The number of nitrogens with zero attached hydrogens (tertiary/aromatic N) is 1. The molecule has 0 aliphatic carbocycles. The number of carbonyl (C=O) groups is 1. The Balaban J connectivity index is 1.85. The molecule has 2 aromatic rings. The molecule has 0 spiro atoms. The number of aryl methyl sites for hydroxylation is 3. The Bertz CT molecular complexity index is 753. The van der Waals surface area contributed by atoms with Gasteiger partial charge in [0.1, 0.15) is 0 Å². The van der Waals surface area contributed by atoms with Crippen LogP contribution in [0.1, 0.15) is 54.0 Å². The molecule has 1 fully saturated rings. The molecule has 25 heavy (non-hydrogen) atoms. The Kier molecular flexibility index (Phi) is 5.42. The molecule has 132 valence electrons. The first kappa shape index (κ1) is 17.5. The molecule has 1 aliphatic rings. The van der Waals surface area contributed by atoms with Gasteiger partial charge in [-0.15, -0.1) is 0 Å². The van der Waals surface area contributed by atoms with E-state index in [1.165, 1.54) is 24.0 Å². The third kappa shape index (κ3) is 4.22. The van der Waals surface area contributed by atoms with E-state index < -0.39 is 0 Å².